The maximum Gasteiger partial charge on any atom is 0.245 e. The third-order valence-corrected chi connectivity index (χ3v) is 9.83. The number of fused-ring (bicyclic) bond motifs is 4. The third kappa shape index (κ3) is 7.96. The molecule has 2 bridgehead atoms. The lowest BCUT2D eigenvalue weighted by molar-refractivity contribution is -0.138. The summed E-state index contributed by atoms with van der Waals surface area (Å²) >= 11 is 3.38. The normalized spacial score (nSPS) is 21.3. The molecule has 0 aliphatic carbocycles. The smallest absolute Gasteiger partial charge is 0.245 e. The number of Topliss-reactive ketones (excluding diaryl/α,β-unsaturated/α-hetero) is 2. The van der Waals surface area contributed by atoms with Gasteiger partial charge in [0.2, 0.25) is 11.8 Å². The second-order valence-electron chi connectivity index (χ2n) is 13.8. The van der Waals surface area contributed by atoms with E-state index in [1.54, 1.807) is 51.4 Å². The van der Waals surface area contributed by atoms with E-state index in [-0.39, 0.29) is 56.5 Å². The number of halogens is 2. The van der Waals surface area contributed by atoms with Crippen LogP contribution in [0.3, 0.4) is 0 Å². The second kappa shape index (κ2) is 14.5. The number of hydrogen-bond donors (Lipinski definition) is 1. The zero-order valence-electron chi connectivity index (χ0n) is 28.9. The summed E-state index contributed by atoms with van der Waals surface area (Å²) in [4.78, 5) is 68.3. The average Bonchev–Trinajstić information content (AvgIpc) is 3.64. The maximum absolute atomic E-state index is 16.7. The summed E-state index contributed by atoms with van der Waals surface area (Å²) in [6.07, 6.45) is 6.99. The van der Waals surface area contributed by atoms with Gasteiger partial charge in [0, 0.05) is 42.1 Å². The molecule has 2 atom stereocenters. The number of ether oxygens (including phenoxy) is 1. The molecular formula is C37H39BrFN7O5. The topological polar surface area (TPSA) is 149 Å². The Hall–Kier alpha value is -4.69. The number of rotatable bonds is 4. The molecule has 0 spiro atoms. The lowest BCUT2D eigenvalue weighted by Gasteiger charge is -2.26. The Morgan fingerprint density at radius 3 is 2.61 bits per heavy atom. The molecule has 1 aromatic carbocycles. The Morgan fingerprint density at radius 2 is 1.86 bits per heavy atom. The van der Waals surface area contributed by atoms with Gasteiger partial charge in [-0.25, -0.2) is 19.3 Å². The van der Waals surface area contributed by atoms with Crippen LogP contribution in [0.2, 0.25) is 0 Å². The van der Waals surface area contributed by atoms with Crippen molar-refractivity contribution in [3.8, 4) is 11.1 Å². The molecule has 5 heterocycles. The molecule has 2 aliphatic rings. The number of carbonyl (C=O) groups excluding carboxylic acids is 4. The number of pyridine rings is 1. The highest BCUT2D eigenvalue weighted by Gasteiger charge is 2.49. The van der Waals surface area contributed by atoms with E-state index < -0.39 is 35.4 Å². The number of nitrogens with one attached hydrogen (secondary N) is 1. The van der Waals surface area contributed by atoms with Gasteiger partial charge in [-0.05, 0) is 58.6 Å². The molecule has 266 valence electrons. The van der Waals surface area contributed by atoms with E-state index in [1.807, 2.05) is 24.3 Å². The highest BCUT2D eigenvalue weighted by molar-refractivity contribution is 9.10. The van der Waals surface area contributed by atoms with Crippen molar-refractivity contribution in [3.05, 3.63) is 82.3 Å². The summed E-state index contributed by atoms with van der Waals surface area (Å²) in [7, 11) is 0. The fourth-order valence-corrected chi connectivity index (χ4v) is 6.79. The molecule has 6 rings (SSSR count). The minimum Gasteiger partial charge on any atom is -0.373 e. The molecule has 0 saturated carbocycles. The van der Waals surface area contributed by atoms with E-state index in [4.69, 9.17) is 4.74 Å². The Kier molecular flexibility index (Phi) is 10.3. The first-order valence-corrected chi connectivity index (χ1v) is 17.5. The summed E-state index contributed by atoms with van der Waals surface area (Å²) < 4.78 is 24.5. The number of aromatic nitrogens is 5. The number of likely N-dealkylation sites (tertiary alicyclic amines) is 1. The molecule has 1 fully saturated rings. The van der Waals surface area contributed by atoms with Gasteiger partial charge in [0.25, 0.3) is 0 Å². The predicted molar refractivity (Wildman–Crippen MR) is 190 cm³/mol. The number of benzene rings is 1. The van der Waals surface area contributed by atoms with E-state index in [1.165, 1.54) is 16.5 Å². The van der Waals surface area contributed by atoms with Crippen molar-refractivity contribution in [3.63, 3.8) is 0 Å². The van der Waals surface area contributed by atoms with Gasteiger partial charge in [-0.1, -0.05) is 38.1 Å². The molecule has 12 nitrogen and oxygen atoms in total. The number of allylic oxidation sites excluding steroid dienone is 1. The van der Waals surface area contributed by atoms with Crippen LogP contribution in [0.15, 0.2) is 59.5 Å². The van der Waals surface area contributed by atoms with E-state index in [0.29, 0.717) is 39.0 Å². The fraction of sp³-hybridized carbons (Fsp3) is 0.405. The molecule has 14 heteroatoms. The van der Waals surface area contributed by atoms with Crippen LogP contribution < -0.4 is 5.32 Å². The Balaban J connectivity index is 1.33. The fourth-order valence-electron chi connectivity index (χ4n) is 6.44. The van der Waals surface area contributed by atoms with Gasteiger partial charge in [0.1, 0.15) is 28.3 Å². The standard InChI is InChI=1S/C37H39BrFN7O5/c1-22(47)34-27-13-24(26-16-40-23(2)41-17-26)7-9-29(27)46(44-34)18-33(49)45-21-37(39)15-30(45)31(48)14-28-25(8-10-32(38)43-28)19-51-12-6-5-11-36(3,4)35(50)42-20-37/h5-10,13,16-17,30H,11-12,14-15,18-21H2,1-4H3,(H,42,50)/t30-,37-/m0/s1. The van der Waals surface area contributed by atoms with Crippen molar-refractivity contribution in [2.24, 2.45) is 5.41 Å². The van der Waals surface area contributed by atoms with Crippen molar-refractivity contribution >= 4 is 50.2 Å². The number of amides is 2. The first kappa shape index (κ1) is 36.1. The van der Waals surface area contributed by atoms with E-state index >= 15 is 4.39 Å². The van der Waals surface area contributed by atoms with Crippen molar-refractivity contribution in [2.45, 2.75) is 71.8 Å². The van der Waals surface area contributed by atoms with Crippen LogP contribution in [0.1, 0.15) is 61.2 Å². The number of ketones is 2. The average molecular weight is 761 g/mol. The lowest BCUT2D eigenvalue weighted by atomic mass is 9.87. The number of nitrogens with zero attached hydrogens (tertiary/aromatic N) is 6. The molecule has 0 unspecified atom stereocenters. The predicted octanol–water partition coefficient (Wildman–Crippen LogP) is 4.90. The van der Waals surface area contributed by atoms with Gasteiger partial charge < -0.3 is 15.0 Å². The van der Waals surface area contributed by atoms with Crippen LogP contribution >= 0.6 is 15.9 Å². The van der Waals surface area contributed by atoms with Crippen LogP contribution in [0, 0.1) is 12.3 Å². The highest BCUT2D eigenvalue weighted by atomic mass is 79.9. The van der Waals surface area contributed by atoms with E-state index in [0.717, 1.165) is 11.1 Å². The first-order valence-electron chi connectivity index (χ1n) is 16.7. The lowest BCUT2D eigenvalue weighted by Crippen LogP contribution is -2.46. The van der Waals surface area contributed by atoms with Crippen LogP contribution in [0.5, 0.6) is 0 Å². The van der Waals surface area contributed by atoms with Crippen LogP contribution in [0.4, 0.5) is 4.39 Å². The molecule has 1 N–H and O–H groups in total. The molecule has 2 aliphatic heterocycles. The first-order chi connectivity index (χ1) is 24.2. The molecule has 1 saturated heterocycles. The van der Waals surface area contributed by atoms with Gasteiger partial charge in [-0.15, -0.1) is 0 Å². The largest absolute Gasteiger partial charge is 0.373 e. The van der Waals surface area contributed by atoms with Gasteiger partial charge >= 0.3 is 0 Å². The Bertz CT molecular complexity index is 2050. The quantitative estimate of drug-likeness (QED) is 0.174. The maximum atomic E-state index is 16.7. The van der Waals surface area contributed by atoms with Gasteiger partial charge in [0.15, 0.2) is 11.6 Å². The molecule has 51 heavy (non-hydrogen) atoms. The Morgan fingerprint density at radius 1 is 1.10 bits per heavy atom. The van der Waals surface area contributed by atoms with Crippen molar-refractivity contribution in [1.29, 1.82) is 0 Å². The van der Waals surface area contributed by atoms with Gasteiger partial charge in [-0.3, -0.25) is 23.9 Å². The molecule has 0 radical (unpaired) electrons. The SMILES string of the molecule is CC(=O)c1nn(CC(=O)N2C[C@@]3(F)CNC(=O)C(C)(C)CC=CCOCc4ccc(Br)nc4CC(=O)[C@@H]2C3)c2ccc(-c3cnc(C)nc3)cc12. The van der Waals surface area contributed by atoms with Crippen molar-refractivity contribution in [1.82, 2.24) is 34.9 Å². The number of aryl methyl sites for hydroxylation is 1. The molecular weight excluding hydrogens is 721 g/mol. The monoisotopic (exact) mass is 759 g/mol. The highest BCUT2D eigenvalue weighted by Crippen LogP contribution is 2.34. The van der Waals surface area contributed by atoms with Crippen molar-refractivity contribution < 1.29 is 28.3 Å². The zero-order chi connectivity index (χ0) is 36.5. The number of hydrogen-bond acceptors (Lipinski definition) is 9. The number of carbonyl (C=O) groups is 4. The summed E-state index contributed by atoms with van der Waals surface area (Å²) in [5.41, 5.74) is 0.440. The minimum atomic E-state index is -2.08. The third-order valence-electron chi connectivity index (χ3n) is 9.39. The second-order valence-corrected chi connectivity index (χ2v) is 14.7. The van der Waals surface area contributed by atoms with Gasteiger partial charge in [-0.2, -0.15) is 5.10 Å². The van der Waals surface area contributed by atoms with Crippen LogP contribution in [-0.4, -0.2) is 84.4 Å². The van der Waals surface area contributed by atoms with E-state index in [2.05, 4.69) is 41.3 Å². The summed E-state index contributed by atoms with van der Waals surface area (Å²) in [5, 5.41) is 7.76. The zero-order valence-corrected chi connectivity index (χ0v) is 30.5. The summed E-state index contributed by atoms with van der Waals surface area (Å²) in [6.45, 7) is 6.04. The van der Waals surface area contributed by atoms with Gasteiger partial charge in [0.05, 0.1) is 50.0 Å². The molecule has 4 aromatic rings. The molecule has 2 amide bonds. The molecule has 3 aromatic heterocycles. The minimum absolute atomic E-state index is 0.164. The summed E-state index contributed by atoms with van der Waals surface area (Å²) in [5.74, 6) is -0.973. The summed E-state index contributed by atoms with van der Waals surface area (Å²) in [6, 6.07) is 7.81. The number of alkyl halides is 1. The van der Waals surface area contributed by atoms with Crippen LogP contribution in [0.25, 0.3) is 22.0 Å². The van der Waals surface area contributed by atoms with E-state index in [9.17, 15) is 19.2 Å². The Labute approximate surface area is 303 Å². The van der Waals surface area contributed by atoms with Crippen LogP contribution in [-0.2, 0) is 38.7 Å². The van der Waals surface area contributed by atoms with Crippen molar-refractivity contribution in [2.75, 3.05) is 19.7 Å².